The Bertz CT molecular complexity index is 669. The lowest BCUT2D eigenvalue weighted by Crippen LogP contribution is -2.43. The highest BCUT2D eigenvalue weighted by Crippen LogP contribution is 2.17. The maximum atomic E-state index is 12.1. The smallest absolute Gasteiger partial charge is 0.313 e. The first-order valence-electron chi connectivity index (χ1n) is 6.64. The van der Waals surface area contributed by atoms with Gasteiger partial charge >= 0.3 is 11.8 Å². The lowest BCUT2D eigenvalue weighted by atomic mass is 10.2. The van der Waals surface area contributed by atoms with Gasteiger partial charge in [0.15, 0.2) is 9.84 Å². The van der Waals surface area contributed by atoms with Crippen LogP contribution in [0, 0.1) is 6.92 Å². The zero-order chi connectivity index (χ0) is 15.6. The molecule has 2 amide bonds. The van der Waals surface area contributed by atoms with E-state index in [1.165, 1.54) is 11.9 Å². The molecule has 0 aromatic heterocycles. The van der Waals surface area contributed by atoms with E-state index in [0.29, 0.717) is 12.1 Å². The summed E-state index contributed by atoms with van der Waals surface area (Å²) < 4.78 is 22.9. The molecule has 0 aliphatic carbocycles. The van der Waals surface area contributed by atoms with Crippen molar-refractivity contribution >= 4 is 27.3 Å². The predicted molar refractivity (Wildman–Crippen MR) is 79.6 cm³/mol. The molecule has 1 aromatic rings. The maximum absolute atomic E-state index is 12.1. The number of nitrogens with one attached hydrogen (secondary N) is 1. The summed E-state index contributed by atoms with van der Waals surface area (Å²) in [4.78, 5) is 25.3. The SMILES string of the molecule is Cc1ccccc1NC(=O)C(=O)N(C)C1CCS(=O)(=O)C1. The average molecular weight is 310 g/mol. The zero-order valence-electron chi connectivity index (χ0n) is 12.0. The van der Waals surface area contributed by atoms with Crippen LogP contribution < -0.4 is 5.32 Å². The first kappa shape index (κ1) is 15.5. The molecular weight excluding hydrogens is 292 g/mol. The molecule has 7 heteroatoms. The van der Waals surface area contributed by atoms with Crippen LogP contribution in [0.15, 0.2) is 24.3 Å². The van der Waals surface area contributed by atoms with Gasteiger partial charge in [-0.3, -0.25) is 9.59 Å². The number of anilines is 1. The normalized spacial score (nSPS) is 20.0. The Morgan fingerprint density at radius 1 is 1.29 bits per heavy atom. The molecule has 0 saturated carbocycles. The van der Waals surface area contributed by atoms with Crippen molar-refractivity contribution in [2.75, 3.05) is 23.9 Å². The van der Waals surface area contributed by atoms with Crippen LogP contribution in [0.2, 0.25) is 0 Å². The monoisotopic (exact) mass is 310 g/mol. The van der Waals surface area contributed by atoms with Gasteiger partial charge in [0, 0.05) is 18.8 Å². The second-order valence-corrected chi connectivity index (χ2v) is 7.47. The van der Waals surface area contributed by atoms with Gasteiger partial charge in [-0.2, -0.15) is 0 Å². The van der Waals surface area contributed by atoms with Crippen LogP contribution in [0.25, 0.3) is 0 Å². The van der Waals surface area contributed by atoms with Crippen molar-refractivity contribution in [3.05, 3.63) is 29.8 Å². The molecule has 1 N–H and O–H groups in total. The van der Waals surface area contributed by atoms with Gasteiger partial charge in [-0.1, -0.05) is 18.2 Å². The van der Waals surface area contributed by atoms with E-state index < -0.39 is 27.7 Å². The van der Waals surface area contributed by atoms with Crippen LogP contribution in [0.3, 0.4) is 0 Å². The molecule has 0 bridgehead atoms. The number of para-hydroxylation sites is 1. The fourth-order valence-corrected chi connectivity index (χ4v) is 4.07. The summed E-state index contributed by atoms with van der Waals surface area (Å²) in [5, 5.41) is 2.56. The molecule has 1 saturated heterocycles. The third-order valence-corrected chi connectivity index (χ3v) is 5.41. The fourth-order valence-electron chi connectivity index (χ4n) is 2.30. The summed E-state index contributed by atoms with van der Waals surface area (Å²) in [5.41, 5.74) is 1.42. The predicted octanol–water partition coefficient (Wildman–Crippen LogP) is 0.579. The highest BCUT2D eigenvalue weighted by atomic mass is 32.2. The highest BCUT2D eigenvalue weighted by molar-refractivity contribution is 7.91. The third kappa shape index (κ3) is 3.60. The Hall–Kier alpha value is -1.89. The number of sulfone groups is 1. The molecule has 1 unspecified atom stereocenters. The largest absolute Gasteiger partial charge is 0.333 e. The molecular formula is C14H18N2O4S. The Morgan fingerprint density at radius 3 is 2.52 bits per heavy atom. The number of carbonyl (C=O) groups is 2. The summed E-state index contributed by atoms with van der Waals surface area (Å²) in [5.74, 6) is -1.49. The van der Waals surface area contributed by atoms with Gasteiger partial charge in [0.25, 0.3) is 0 Å². The fraction of sp³-hybridized carbons (Fsp3) is 0.429. The average Bonchev–Trinajstić information content (AvgIpc) is 2.80. The maximum Gasteiger partial charge on any atom is 0.313 e. The van der Waals surface area contributed by atoms with Crippen molar-refractivity contribution in [2.24, 2.45) is 0 Å². The van der Waals surface area contributed by atoms with Gasteiger partial charge in [0.2, 0.25) is 0 Å². The van der Waals surface area contributed by atoms with Crippen LogP contribution in [0.5, 0.6) is 0 Å². The molecule has 6 nitrogen and oxygen atoms in total. The first-order valence-corrected chi connectivity index (χ1v) is 8.46. The lowest BCUT2D eigenvalue weighted by molar-refractivity contribution is -0.143. The molecule has 21 heavy (non-hydrogen) atoms. The van der Waals surface area contributed by atoms with Crippen LogP contribution in [0.1, 0.15) is 12.0 Å². The molecule has 1 heterocycles. The van der Waals surface area contributed by atoms with Crippen molar-refractivity contribution in [1.29, 1.82) is 0 Å². The molecule has 0 radical (unpaired) electrons. The number of carbonyl (C=O) groups excluding carboxylic acids is 2. The van der Waals surface area contributed by atoms with E-state index in [0.717, 1.165) is 5.56 Å². The van der Waals surface area contributed by atoms with Crippen molar-refractivity contribution < 1.29 is 18.0 Å². The Morgan fingerprint density at radius 2 is 1.95 bits per heavy atom. The molecule has 1 aromatic carbocycles. The van der Waals surface area contributed by atoms with Crippen molar-refractivity contribution in [2.45, 2.75) is 19.4 Å². The van der Waals surface area contributed by atoms with Crippen molar-refractivity contribution in [3.8, 4) is 0 Å². The highest BCUT2D eigenvalue weighted by Gasteiger charge is 2.34. The number of aryl methyl sites for hydroxylation is 1. The second kappa shape index (κ2) is 5.85. The van der Waals surface area contributed by atoms with E-state index in [9.17, 15) is 18.0 Å². The molecule has 1 aliphatic heterocycles. The topological polar surface area (TPSA) is 83.6 Å². The molecule has 1 atom stereocenters. The van der Waals surface area contributed by atoms with E-state index in [2.05, 4.69) is 5.32 Å². The van der Waals surface area contributed by atoms with Gasteiger partial charge in [-0.25, -0.2) is 8.42 Å². The first-order chi connectivity index (χ1) is 9.80. The van der Waals surface area contributed by atoms with Gasteiger partial charge in [-0.05, 0) is 25.0 Å². The Kier molecular flexibility index (Phi) is 4.32. The van der Waals surface area contributed by atoms with Crippen LogP contribution in [-0.4, -0.2) is 49.7 Å². The number of nitrogens with zero attached hydrogens (tertiary/aromatic N) is 1. The van der Waals surface area contributed by atoms with E-state index in [4.69, 9.17) is 0 Å². The standard InChI is InChI=1S/C14H18N2O4S/c1-10-5-3-4-6-12(10)15-13(17)14(18)16(2)11-7-8-21(19,20)9-11/h3-6,11H,7-9H2,1-2H3,(H,15,17). The second-order valence-electron chi connectivity index (χ2n) is 5.24. The summed E-state index contributed by atoms with van der Waals surface area (Å²) in [6.45, 7) is 1.83. The molecule has 1 fully saturated rings. The quantitative estimate of drug-likeness (QED) is 0.810. The number of amides is 2. The number of likely N-dealkylation sites (N-methyl/N-ethyl adjacent to an activating group) is 1. The summed E-state index contributed by atoms with van der Waals surface area (Å²) in [6, 6.07) is 6.71. The number of hydrogen-bond donors (Lipinski definition) is 1. The van der Waals surface area contributed by atoms with E-state index in [1.807, 2.05) is 19.1 Å². The summed E-state index contributed by atoms with van der Waals surface area (Å²) >= 11 is 0. The Balaban J connectivity index is 2.03. The molecule has 114 valence electrons. The van der Waals surface area contributed by atoms with Crippen LogP contribution in [0.4, 0.5) is 5.69 Å². The van der Waals surface area contributed by atoms with Crippen molar-refractivity contribution in [1.82, 2.24) is 4.90 Å². The minimum Gasteiger partial charge on any atom is -0.333 e. The summed E-state index contributed by atoms with van der Waals surface area (Å²) in [6.07, 6.45) is 0.377. The molecule has 2 rings (SSSR count). The zero-order valence-corrected chi connectivity index (χ0v) is 12.8. The Labute approximate surface area is 124 Å². The van der Waals surface area contributed by atoms with Gasteiger partial charge in [0.1, 0.15) is 0 Å². The molecule has 1 aliphatic rings. The van der Waals surface area contributed by atoms with E-state index in [1.54, 1.807) is 12.1 Å². The van der Waals surface area contributed by atoms with Crippen LogP contribution >= 0.6 is 0 Å². The minimum atomic E-state index is -3.09. The summed E-state index contributed by atoms with van der Waals surface area (Å²) in [7, 11) is -1.63. The van der Waals surface area contributed by atoms with Gasteiger partial charge < -0.3 is 10.2 Å². The molecule has 0 spiro atoms. The van der Waals surface area contributed by atoms with E-state index in [-0.39, 0.29) is 11.5 Å². The lowest BCUT2D eigenvalue weighted by Gasteiger charge is -2.22. The minimum absolute atomic E-state index is 0.0642. The third-order valence-electron chi connectivity index (χ3n) is 3.66. The van der Waals surface area contributed by atoms with Crippen molar-refractivity contribution in [3.63, 3.8) is 0 Å². The van der Waals surface area contributed by atoms with E-state index >= 15 is 0 Å². The number of hydrogen-bond acceptors (Lipinski definition) is 4. The van der Waals surface area contributed by atoms with Gasteiger partial charge in [-0.15, -0.1) is 0 Å². The number of rotatable bonds is 2. The van der Waals surface area contributed by atoms with Gasteiger partial charge in [0.05, 0.1) is 11.5 Å². The van der Waals surface area contributed by atoms with Crippen LogP contribution in [-0.2, 0) is 19.4 Å². The number of benzene rings is 1.